The lowest BCUT2D eigenvalue weighted by Gasteiger charge is -2.21. The van der Waals surface area contributed by atoms with Crippen molar-refractivity contribution in [3.8, 4) is 0 Å². The largest absolute Gasteiger partial charge is 0.472 e. The van der Waals surface area contributed by atoms with Crippen LogP contribution in [-0.4, -0.2) is 96.7 Å². The molecule has 98 heavy (non-hydrogen) atoms. The van der Waals surface area contributed by atoms with Gasteiger partial charge in [0, 0.05) is 19.3 Å². The van der Waals surface area contributed by atoms with Crippen molar-refractivity contribution in [3.63, 3.8) is 0 Å². The quantitative estimate of drug-likeness (QED) is 0.0169. The summed E-state index contributed by atoms with van der Waals surface area (Å²) < 4.78 is 68.3. The molecule has 0 rings (SSSR count). The number of rotatable bonds is 71. The molecule has 0 aliphatic rings. The van der Waals surface area contributed by atoms with Crippen LogP contribution in [0.15, 0.2) is 109 Å². The molecule has 0 aromatic carbocycles. The maximum atomic E-state index is 13.1. The summed E-state index contributed by atoms with van der Waals surface area (Å²) in [5.74, 6) is -2.35. The lowest BCUT2D eigenvalue weighted by atomic mass is 10.1. The Morgan fingerprint density at radius 2 is 0.571 bits per heavy atom. The van der Waals surface area contributed by atoms with Gasteiger partial charge in [0.1, 0.15) is 19.3 Å². The predicted molar refractivity (Wildman–Crippen MR) is 399 cm³/mol. The number of aliphatic hydroxyl groups excluding tert-OH is 1. The number of carbonyl (C=O) groups excluding carboxylic acids is 4. The van der Waals surface area contributed by atoms with Gasteiger partial charge in [-0.3, -0.25) is 37.3 Å². The molecule has 5 atom stereocenters. The van der Waals surface area contributed by atoms with E-state index < -0.39 is 97.5 Å². The first-order valence-corrected chi connectivity index (χ1v) is 41.1. The van der Waals surface area contributed by atoms with Crippen LogP contribution in [0.1, 0.15) is 310 Å². The van der Waals surface area contributed by atoms with Gasteiger partial charge in [-0.25, -0.2) is 9.13 Å². The van der Waals surface area contributed by atoms with Gasteiger partial charge in [-0.05, 0) is 135 Å². The molecule has 3 N–H and O–H groups in total. The summed E-state index contributed by atoms with van der Waals surface area (Å²) in [7, 11) is -9.98. The Kier molecular flexibility index (Phi) is 68.0. The van der Waals surface area contributed by atoms with Crippen LogP contribution < -0.4 is 0 Å². The van der Waals surface area contributed by atoms with E-state index >= 15 is 0 Å². The van der Waals surface area contributed by atoms with Gasteiger partial charge < -0.3 is 33.8 Å². The first-order chi connectivity index (χ1) is 47.7. The van der Waals surface area contributed by atoms with E-state index in [0.29, 0.717) is 25.7 Å². The first kappa shape index (κ1) is 93.7. The summed E-state index contributed by atoms with van der Waals surface area (Å²) in [5, 5.41) is 10.6. The topological polar surface area (TPSA) is 237 Å². The molecule has 5 unspecified atom stereocenters. The van der Waals surface area contributed by atoms with Gasteiger partial charge in [-0.1, -0.05) is 259 Å². The molecule has 19 heteroatoms. The number of unbranched alkanes of at least 4 members (excludes halogenated alkanes) is 28. The molecule has 0 aromatic rings. The van der Waals surface area contributed by atoms with Gasteiger partial charge >= 0.3 is 39.5 Å². The van der Waals surface area contributed by atoms with Crippen LogP contribution in [0.3, 0.4) is 0 Å². The van der Waals surface area contributed by atoms with Crippen LogP contribution in [-0.2, 0) is 65.4 Å². The van der Waals surface area contributed by atoms with E-state index in [2.05, 4.69) is 113 Å². The molecule has 0 saturated heterocycles. The molecule has 0 aromatic heterocycles. The van der Waals surface area contributed by atoms with Crippen molar-refractivity contribution in [2.45, 2.75) is 329 Å². The summed E-state index contributed by atoms with van der Waals surface area (Å²) in [5.41, 5.74) is 0. The fourth-order valence-corrected chi connectivity index (χ4v) is 11.5. The average Bonchev–Trinajstić information content (AvgIpc) is 1.04. The molecule has 0 amide bonds. The minimum absolute atomic E-state index is 0.0646. The normalized spacial score (nSPS) is 14.6. The summed E-state index contributed by atoms with van der Waals surface area (Å²) in [6, 6.07) is 0. The summed E-state index contributed by atoms with van der Waals surface area (Å²) >= 11 is 0. The molecule has 17 nitrogen and oxygen atoms in total. The van der Waals surface area contributed by atoms with Crippen LogP contribution >= 0.6 is 15.6 Å². The number of hydrogen-bond acceptors (Lipinski definition) is 15. The van der Waals surface area contributed by atoms with Gasteiger partial charge in [0.05, 0.1) is 32.8 Å². The molecular formula is C79H136O17P2. The number of phosphoric ester groups is 2. The smallest absolute Gasteiger partial charge is 0.462 e. The second-order valence-corrected chi connectivity index (χ2v) is 28.1. The summed E-state index contributed by atoms with van der Waals surface area (Å²) in [6.07, 6.45) is 75.4. The Balaban J connectivity index is 5.43. The average molecular weight is 1420 g/mol. The number of esters is 4. The van der Waals surface area contributed by atoms with Crippen molar-refractivity contribution >= 4 is 39.5 Å². The molecule has 564 valence electrons. The van der Waals surface area contributed by atoms with E-state index in [1.165, 1.54) is 83.5 Å². The lowest BCUT2D eigenvalue weighted by molar-refractivity contribution is -0.161. The molecule has 0 heterocycles. The van der Waals surface area contributed by atoms with Crippen LogP contribution in [0.5, 0.6) is 0 Å². The molecule has 0 aliphatic carbocycles. The lowest BCUT2D eigenvalue weighted by Crippen LogP contribution is -2.30. The molecule has 0 bridgehead atoms. The number of phosphoric acid groups is 2. The zero-order chi connectivity index (χ0) is 71.8. The second kappa shape index (κ2) is 71.1. The van der Waals surface area contributed by atoms with E-state index in [4.69, 9.17) is 37.0 Å². The van der Waals surface area contributed by atoms with Crippen molar-refractivity contribution in [3.05, 3.63) is 109 Å². The van der Waals surface area contributed by atoms with Crippen molar-refractivity contribution in [2.24, 2.45) is 0 Å². The fourth-order valence-electron chi connectivity index (χ4n) is 9.90. The number of hydrogen-bond donors (Lipinski definition) is 3. The standard InChI is InChI=1S/C79H136O17P2/c1-5-9-13-17-21-25-29-33-36-40-43-47-51-55-59-63-76(81)89-69-74(95-78(83)65-61-57-53-49-45-39-32-28-24-20-16-12-8-4)71-93-97(85,86)91-67-73(80)68-92-98(87,88)94-72-75(96-79(84)66-62-58-54-50-46-42-38-35-31-27-23-19-15-11-7-3)70-90-77(82)64-60-56-52-48-44-41-37-34-30-26-22-18-14-10-6-2/h10,14,21-22,25-26,28,32-38,44,48,56,60,73-75,80H,5-9,11-13,15-20,23-24,27,29-31,39-43,45-47,49-55,57-59,61-72H2,1-4H3,(H,85,86)(H,87,88)/b14-10-,25-21-,26-22-,32-28-,36-33-,37-34-,38-35-,48-44-,60-56-. The Labute approximate surface area is 594 Å². The molecule has 0 spiro atoms. The fraction of sp³-hybridized carbons (Fsp3) is 0.722. The molecular weight excluding hydrogens is 1280 g/mol. The molecule has 0 aliphatic heterocycles. The van der Waals surface area contributed by atoms with Crippen molar-refractivity contribution in [1.29, 1.82) is 0 Å². The van der Waals surface area contributed by atoms with Gasteiger partial charge in [-0.15, -0.1) is 0 Å². The zero-order valence-corrected chi connectivity index (χ0v) is 63.2. The minimum atomic E-state index is -5.00. The summed E-state index contributed by atoms with van der Waals surface area (Å²) in [6.45, 7) is 4.57. The zero-order valence-electron chi connectivity index (χ0n) is 61.4. The van der Waals surface area contributed by atoms with Crippen LogP contribution in [0, 0.1) is 0 Å². The van der Waals surface area contributed by atoms with Gasteiger partial charge in [-0.2, -0.15) is 0 Å². The second-order valence-electron chi connectivity index (χ2n) is 25.2. The third-order valence-corrected chi connectivity index (χ3v) is 17.6. The summed E-state index contributed by atoms with van der Waals surface area (Å²) in [4.78, 5) is 72.8. The first-order valence-electron chi connectivity index (χ1n) is 38.1. The predicted octanol–water partition coefficient (Wildman–Crippen LogP) is 21.8. The highest BCUT2D eigenvalue weighted by molar-refractivity contribution is 7.47. The van der Waals surface area contributed by atoms with E-state index in [1.54, 1.807) is 6.08 Å². The van der Waals surface area contributed by atoms with E-state index in [1.807, 2.05) is 18.2 Å². The third-order valence-electron chi connectivity index (χ3n) is 15.7. The van der Waals surface area contributed by atoms with Crippen molar-refractivity contribution in [2.75, 3.05) is 39.6 Å². The third kappa shape index (κ3) is 70.2. The molecule has 0 fully saturated rings. The SMILES string of the molecule is CC/C=C\C/C=C\C/C=C\C/C=C\C/C=C\CC(=O)OCC(COP(=O)(O)OCC(O)COP(=O)(O)OCC(COC(=O)CCCCCCC/C=C\C/C=C\CCCCC)OC(=O)CCCCCCC/C=C\CCCCCC)OC(=O)CCCCCCC/C=C\CCCCCCCC. The van der Waals surface area contributed by atoms with Gasteiger partial charge in [0.25, 0.3) is 0 Å². The highest BCUT2D eigenvalue weighted by Crippen LogP contribution is 2.45. The Hall–Kier alpha value is -4.28. The van der Waals surface area contributed by atoms with E-state index in [0.717, 1.165) is 148 Å². The van der Waals surface area contributed by atoms with Crippen LogP contribution in [0.4, 0.5) is 0 Å². The Bertz CT molecular complexity index is 2290. The van der Waals surface area contributed by atoms with Crippen molar-refractivity contribution < 1.29 is 80.2 Å². The van der Waals surface area contributed by atoms with E-state index in [-0.39, 0.29) is 25.7 Å². The number of carbonyl (C=O) groups is 4. The highest BCUT2D eigenvalue weighted by atomic mass is 31.2. The molecule has 0 radical (unpaired) electrons. The Morgan fingerprint density at radius 1 is 0.306 bits per heavy atom. The Morgan fingerprint density at radius 3 is 0.949 bits per heavy atom. The molecule has 0 saturated carbocycles. The highest BCUT2D eigenvalue weighted by Gasteiger charge is 2.30. The number of aliphatic hydroxyl groups is 1. The maximum Gasteiger partial charge on any atom is 0.472 e. The number of ether oxygens (including phenoxy) is 4. The van der Waals surface area contributed by atoms with Gasteiger partial charge in [0.2, 0.25) is 0 Å². The van der Waals surface area contributed by atoms with Gasteiger partial charge in [0.15, 0.2) is 12.2 Å². The van der Waals surface area contributed by atoms with E-state index in [9.17, 15) is 43.2 Å². The van der Waals surface area contributed by atoms with Crippen LogP contribution in [0.25, 0.3) is 0 Å². The number of allylic oxidation sites excluding steroid dienone is 17. The maximum absolute atomic E-state index is 13.1. The minimum Gasteiger partial charge on any atom is -0.462 e. The van der Waals surface area contributed by atoms with Crippen molar-refractivity contribution in [1.82, 2.24) is 0 Å². The van der Waals surface area contributed by atoms with Crippen LogP contribution in [0.2, 0.25) is 0 Å². The monoisotopic (exact) mass is 1420 g/mol.